The van der Waals surface area contributed by atoms with Crippen molar-refractivity contribution in [1.29, 1.82) is 0 Å². The van der Waals surface area contributed by atoms with Crippen molar-refractivity contribution in [3.63, 3.8) is 0 Å². The third-order valence-electron chi connectivity index (χ3n) is 2.50. The van der Waals surface area contributed by atoms with Crippen molar-refractivity contribution in [3.05, 3.63) is 27.8 Å². The molecule has 1 N–H and O–H groups in total. The summed E-state index contributed by atoms with van der Waals surface area (Å²) in [5.74, 6) is 0.0753. The molecule has 1 heterocycles. The van der Waals surface area contributed by atoms with E-state index in [0.29, 0.717) is 18.0 Å². The summed E-state index contributed by atoms with van der Waals surface area (Å²) in [6.45, 7) is 1.86. The van der Waals surface area contributed by atoms with E-state index in [1.807, 2.05) is 0 Å². The zero-order valence-electron chi connectivity index (χ0n) is 9.36. The molecular formula is C11H12N2O4. The zero-order valence-corrected chi connectivity index (χ0v) is 9.36. The van der Waals surface area contributed by atoms with Gasteiger partial charge in [-0.05, 0) is 18.9 Å². The Morgan fingerprint density at radius 3 is 2.94 bits per heavy atom. The molecule has 1 amide bonds. The van der Waals surface area contributed by atoms with Crippen LogP contribution < -0.4 is 10.1 Å². The molecule has 17 heavy (non-hydrogen) atoms. The molecule has 0 bridgehead atoms. The van der Waals surface area contributed by atoms with Gasteiger partial charge in [0.25, 0.3) is 0 Å². The molecule has 2 rings (SSSR count). The van der Waals surface area contributed by atoms with E-state index in [1.165, 1.54) is 13.0 Å². The fraction of sp³-hybridized carbons (Fsp3) is 0.364. The minimum atomic E-state index is -0.491. The van der Waals surface area contributed by atoms with Gasteiger partial charge in [0.1, 0.15) is 0 Å². The van der Waals surface area contributed by atoms with E-state index < -0.39 is 4.92 Å². The Hall–Kier alpha value is -2.11. The summed E-state index contributed by atoms with van der Waals surface area (Å²) >= 11 is 0. The first-order valence-electron chi connectivity index (χ1n) is 5.29. The second-order valence-corrected chi connectivity index (χ2v) is 3.87. The Labute approximate surface area is 97.7 Å². The van der Waals surface area contributed by atoms with Crippen LogP contribution in [0, 0.1) is 10.1 Å². The van der Waals surface area contributed by atoms with E-state index in [0.717, 1.165) is 18.4 Å². The molecule has 6 heteroatoms. The average Bonchev–Trinajstić information content (AvgIpc) is 2.27. The predicted molar refractivity (Wildman–Crippen MR) is 61.2 cm³/mol. The Balaban J connectivity index is 2.48. The van der Waals surface area contributed by atoms with Crippen LogP contribution in [0.2, 0.25) is 0 Å². The highest BCUT2D eigenvalue weighted by molar-refractivity contribution is 5.89. The molecule has 0 radical (unpaired) electrons. The van der Waals surface area contributed by atoms with Gasteiger partial charge < -0.3 is 10.1 Å². The Morgan fingerprint density at radius 2 is 2.29 bits per heavy atom. The third kappa shape index (κ3) is 2.35. The topological polar surface area (TPSA) is 81.5 Å². The predicted octanol–water partition coefficient (Wildman–Crippen LogP) is 1.88. The maximum atomic E-state index is 11.0. The number of carbonyl (C=O) groups is 1. The van der Waals surface area contributed by atoms with E-state index >= 15 is 0 Å². The van der Waals surface area contributed by atoms with E-state index in [1.54, 1.807) is 6.07 Å². The van der Waals surface area contributed by atoms with E-state index in [4.69, 9.17) is 4.74 Å². The molecule has 0 unspecified atom stereocenters. The summed E-state index contributed by atoms with van der Waals surface area (Å²) < 4.78 is 5.32. The van der Waals surface area contributed by atoms with Gasteiger partial charge in [-0.2, -0.15) is 0 Å². The van der Waals surface area contributed by atoms with Gasteiger partial charge >= 0.3 is 5.69 Å². The number of nitro groups is 1. The van der Waals surface area contributed by atoms with Crippen molar-refractivity contribution in [1.82, 2.24) is 0 Å². The Kier molecular flexibility index (Phi) is 2.95. The van der Waals surface area contributed by atoms with Gasteiger partial charge in [0.15, 0.2) is 0 Å². The van der Waals surface area contributed by atoms with Crippen molar-refractivity contribution < 1.29 is 14.5 Å². The molecule has 0 spiro atoms. The summed E-state index contributed by atoms with van der Waals surface area (Å²) in [4.78, 5) is 21.4. The molecule has 1 aliphatic rings. The van der Waals surface area contributed by atoms with Crippen LogP contribution in [0.1, 0.15) is 18.9 Å². The first-order valence-corrected chi connectivity index (χ1v) is 5.29. The number of nitro benzene ring substituents is 1. The van der Waals surface area contributed by atoms with Crippen LogP contribution in [-0.4, -0.2) is 17.4 Å². The summed E-state index contributed by atoms with van der Waals surface area (Å²) in [6, 6.07) is 3.05. The summed E-state index contributed by atoms with van der Waals surface area (Å²) in [6.07, 6.45) is 1.55. The van der Waals surface area contributed by atoms with Crippen molar-refractivity contribution >= 4 is 17.3 Å². The van der Waals surface area contributed by atoms with Gasteiger partial charge in [0, 0.05) is 24.2 Å². The van der Waals surface area contributed by atoms with Gasteiger partial charge in [0.2, 0.25) is 11.7 Å². The highest BCUT2D eigenvalue weighted by Gasteiger charge is 2.23. The lowest BCUT2D eigenvalue weighted by atomic mass is 10.0. The van der Waals surface area contributed by atoms with E-state index in [-0.39, 0.29) is 11.6 Å². The molecule has 0 saturated heterocycles. The number of ether oxygens (including phenoxy) is 1. The number of rotatable bonds is 2. The number of fused-ring (bicyclic) bond motifs is 1. The molecule has 0 fully saturated rings. The maximum Gasteiger partial charge on any atom is 0.313 e. The van der Waals surface area contributed by atoms with Crippen molar-refractivity contribution in [2.75, 3.05) is 11.9 Å². The lowest BCUT2D eigenvalue weighted by molar-refractivity contribution is -0.386. The molecular weight excluding hydrogens is 224 g/mol. The zero-order chi connectivity index (χ0) is 12.4. The Morgan fingerprint density at radius 1 is 1.53 bits per heavy atom. The SMILES string of the molecule is CC(=O)Nc1cc2c(c([N+](=O)[O-])c1)OCCC2. The minimum absolute atomic E-state index is 0.0917. The second kappa shape index (κ2) is 4.40. The Bertz CT molecular complexity index is 485. The molecule has 1 aromatic rings. The van der Waals surface area contributed by atoms with Crippen LogP contribution in [0.5, 0.6) is 5.75 Å². The number of aryl methyl sites for hydroxylation is 1. The molecule has 0 saturated carbocycles. The average molecular weight is 236 g/mol. The number of nitrogens with one attached hydrogen (secondary N) is 1. The summed E-state index contributed by atoms with van der Waals surface area (Å²) in [5.41, 5.74) is 1.12. The quantitative estimate of drug-likeness (QED) is 0.627. The van der Waals surface area contributed by atoms with Crippen LogP contribution >= 0.6 is 0 Å². The number of benzene rings is 1. The van der Waals surface area contributed by atoms with Crippen LogP contribution in [0.25, 0.3) is 0 Å². The maximum absolute atomic E-state index is 11.0. The van der Waals surface area contributed by atoms with Gasteiger partial charge in [-0.15, -0.1) is 0 Å². The lowest BCUT2D eigenvalue weighted by Gasteiger charge is -2.18. The number of carbonyl (C=O) groups excluding carboxylic acids is 1. The standard InChI is InChI=1S/C11H12N2O4/c1-7(14)12-9-5-8-3-2-4-17-11(8)10(6-9)13(15)16/h5-6H,2-4H2,1H3,(H,12,14). The molecule has 90 valence electrons. The molecule has 6 nitrogen and oxygen atoms in total. The number of amides is 1. The van der Waals surface area contributed by atoms with Gasteiger partial charge in [-0.3, -0.25) is 14.9 Å². The first kappa shape index (κ1) is 11.4. The van der Waals surface area contributed by atoms with Crippen molar-refractivity contribution in [2.24, 2.45) is 0 Å². The minimum Gasteiger partial charge on any atom is -0.487 e. The highest BCUT2D eigenvalue weighted by Crippen LogP contribution is 2.37. The van der Waals surface area contributed by atoms with E-state index in [2.05, 4.69) is 5.32 Å². The number of hydrogen-bond donors (Lipinski definition) is 1. The summed E-state index contributed by atoms with van der Waals surface area (Å²) in [7, 11) is 0. The van der Waals surface area contributed by atoms with Crippen LogP contribution in [0.15, 0.2) is 12.1 Å². The number of anilines is 1. The number of nitrogens with zero attached hydrogens (tertiary/aromatic N) is 1. The largest absolute Gasteiger partial charge is 0.487 e. The van der Waals surface area contributed by atoms with Crippen molar-refractivity contribution in [2.45, 2.75) is 19.8 Å². The van der Waals surface area contributed by atoms with Gasteiger partial charge in [0.05, 0.1) is 11.5 Å². The number of hydrogen-bond acceptors (Lipinski definition) is 4. The summed E-state index contributed by atoms with van der Waals surface area (Å²) in [5, 5.41) is 13.5. The normalized spacial score (nSPS) is 13.5. The highest BCUT2D eigenvalue weighted by atomic mass is 16.6. The smallest absolute Gasteiger partial charge is 0.313 e. The fourth-order valence-electron chi connectivity index (χ4n) is 1.87. The molecule has 0 aromatic heterocycles. The van der Waals surface area contributed by atoms with Gasteiger partial charge in [-0.1, -0.05) is 0 Å². The third-order valence-corrected chi connectivity index (χ3v) is 2.50. The monoisotopic (exact) mass is 236 g/mol. The first-order chi connectivity index (χ1) is 8.08. The van der Waals surface area contributed by atoms with Crippen LogP contribution in [-0.2, 0) is 11.2 Å². The van der Waals surface area contributed by atoms with Crippen molar-refractivity contribution in [3.8, 4) is 5.75 Å². The van der Waals surface area contributed by atoms with E-state index in [9.17, 15) is 14.9 Å². The lowest BCUT2D eigenvalue weighted by Crippen LogP contribution is -2.12. The molecule has 1 aromatic carbocycles. The molecule has 0 aliphatic carbocycles. The van der Waals surface area contributed by atoms with Crippen LogP contribution in [0.3, 0.4) is 0 Å². The van der Waals surface area contributed by atoms with Gasteiger partial charge in [-0.25, -0.2) is 0 Å². The van der Waals surface area contributed by atoms with Crippen LogP contribution in [0.4, 0.5) is 11.4 Å². The molecule has 1 aliphatic heterocycles. The fourth-order valence-corrected chi connectivity index (χ4v) is 1.87. The second-order valence-electron chi connectivity index (χ2n) is 3.87. The molecule has 0 atom stereocenters.